The number of urea groups is 1. The molecular weight excluding hydrogens is 491 g/mol. The lowest BCUT2D eigenvalue weighted by atomic mass is 10.0. The van der Waals surface area contributed by atoms with Crippen LogP contribution in [0.5, 0.6) is 0 Å². The van der Waals surface area contributed by atoms with Gasteiger partial charge in [-0.25, -0.2) is 14.8 Å². The molecule has 36 heavy (non-hydrogen) atoms. The van der Waals surface area contributed by atoms with Gasteiger partial charge in [0.05, 0.1) is 11.3 Å². The van der Waals surface area contributed by atoms with E-state index in [9.17, 15) is 18.0 Å². The van der Waals surface area contributed by atoms with E-state index in [0.29, 0.717) is 49.9 Å². The van der Waals surface area contributed by atoms with Crippen LogP contribution in [0.15, 0.2) is 48.5 Å². The van der Waals surface area contributed by atoms with Crippen molar-refractivity contribution in [1.82, 2.24) is 14.9 Å². The van der Waals surface area contributed by atoms with Gasteiger partial charge in [0.25, 0.3) is 0 Å². The standard InChI is InChI=1S/C26H27ClF3N5O/c1-17-21(16-19-8-10-20(27)11-9-19)24(32-18(2)31-17)34-12-5-13-35(15-14-34)25(36)33-23-7-4-3-6-22(23)26(28,29)30/h3-4,6-11H,5,12-16H2,1-2H3,(H,33,36). The van der Waals surface area contributed by atoms with Crippen LogP contribution in [0.4, 0.5) is 29.5 Å². The predicted molar refractivity (Wildman–Crippen MR) is 135 cm³/mol. The molecule has 4 rings (SSSR count). The number of carbonyl (C=O) groups is 1. The Morgan fingerprint density at radius 3 is 2.44 bits per heavy atom. The van der Waals surface area contributed by atoms with Crippen molar-refractivity contribution in [2.75, 3.05) is 36.4 Å². The number of aromatic nitrogens is 2. The van der Waals surface area contributed by atoms with Crippen LogP contribution in [0.3, 0.4) is 0 Å². The average Bonchev–Trinajstić information content (AvgIpc) is 3.08. The van der Waals surface area contributed by atoms with Crippen LogP contribution in [0.25, 0.3) is 0 Å². The van der Waals surface area contributed by atoms with E-state index in [-0.39, 0.29) is 5.69 Å². The molecule has 1 aliphatic rings. The van der Waals surface area contributed by atoms with Crippen LogP contribution in [0.1, 0.15) is 34.6 Å². The van der Waals surface area contributed by atoms with Gasteiger partial charge in [-0.15, -0.1) is 0 Å². The topological polar surface area (TPSA) is 61.4 Å². The largest absolute Gasteiger partial charge is 0.418 e. The molecule has 6 nitrogen and oxygen atoms in total. The van der Waals surface area contributed by atoms with Crippen molar-refractivity contribution in [2.45, 2.75) is 32.9 Å². The van der Waals surface area contributed by atoms with E-state index in [4.69, 9.17) is 16.6 Å². The fourth-order valence-corrected chi connectivity index (χ4v) is 4.48. The summed E-state index contributed by atoms with van der Waals surface area (Å²) in [6.45, 7) is 5.73. The van der Waals surface area contributed by atoms with Crippen LogP contribution in [-0.2, 0) is 12.6 Å². The molecule has 0 aliphatic carbocycles. The lowest BCUT2D eigenvalue weighted by Crippen LogP contribution is -2.38. The maximum Gasteiger partial charge on any atom is 0.418 e. The van der Waals surface area contributed by atoms with E-state index in [1.54, 1.807) is 4.90 Å². The molecule has 1 N–H and O–H groups in total. The Morgan fingerprint density at radius 2 is 1.72 bits per heavy atom. The first kappa shape index (κ1) is 25.8. The number of hydrogen-bond donors (Lipinski definition) is 1. The number of hydrogen-bond acceptors (Lipinski definition) is 4. The number of nitrogens with one attached hydrogen (secondary N) is 1. The zero-order valence-electron chi connectivity index (χ0n) is 20.1. The van der Waals surface area contributed by atoms with Crippen molar-refractivity contribution in [2.24, 2.45) is 0 Å². The summed E-state index contributed by atoms with van der Waals surface area (Å²) in [5.74, 6) is 1.48. The minimum Gasteiger partial charge on any atom is -0.354 e. The Hall–Kier alpha value is -3.33. The summed E-state index contributed by atoms with van der Waals surface area (Å²) in [4.78, 5) is 25.8. The minimum atomic E-state index is -4.55. The highest BCUT2D eigenvalue weighted by Gasteiger charge is 2.34. The van der Waals surface area contributed by atoms with Crippen LogP contribution >= 0.6 is 11.6 Å². The van der Waals surface area contributed by atoms with Gasteiger partial charge >= 0.3 is 12.2 Å². The molecule has 2 aromatic carbocycles. The average molecular weight is 518 g/mol. The summed E-state index contributed by atoms with van der Waals surface area (Å²) in [6.07, 6.45) is -3.27. The Morgan fingerprint density at radius 1 is 1.00 bits per heavy atom. The summed E-state index contributed by atoms with van der Waals surface area (Å²) in [5.41, 5.74) is 1.85. The summed E-state index contributed by atoms with van der Waals surface area (Å²) in [5, 5.41) is 3.11. The van der Waals surface area contributed by atoms with Crippen LogP contribution < -0.4 is 10.2 Å². The predicted octanol–water partition coefficient (Wildman–Crippen LogP) is 6.10. The Balaban J connectivity index is 1.51. The van der Waals surface area contributed by atoms with Gasteiger partial charge in [0, 0.05) is 48.9 Å². The molecule has 0 radical (unpaired) electrons. The minimum absolute atomic E-state index is 0.247. The van der Waals surface area contributed by atoms with E-state index in [1.165, 1.54) is 18.2 Å². The number of nitrogens with zero attached hydrogens (tertiary/aromatic N) is 4. The van der Waals surface area contributed by atoms with Crippen molar-refractivity contribution >= 4 is 29.1 Å². The number of carbonyl (C=O) groups excluding carboxylic acids is 1. The van der Waals surface area contributed by atoms with Crippen molar-refractivity contribution in [3.8, 4) is 0 Å². The molecule has 0 bridgehead atoms. The number of benzene rings is 2. The number of amides is 2. The molecule has 2 amide bonds. The lowest BCUT2D eigenvalue weighted by Gasteiger charge is -2.26. The number of rotatable bonds is 4. The first-order chi connectivity index (χ1) is 17.1. The number of para-hydroxylation sites is 1. The molecule has 2 heterocycles. The molecule has 1 aromatic heterocycles. The molecule has 0 unspecified atom stereocenters. The van der Waals surface area contributed by atoms with Crippen LogP contribution in [0, 0.1) is 13.8 Å². The van der Waals surface area contributed by atoms with Gasteiger partial charge in [0.1, 0.15) is 11.6 Å². The first-order valence-corrected chi connectivity index (χ1v) is 12.1. The Bertz CT molecular complexity index is 1230. The molecule has 1 saturated heterocycles. The molecule has 1 aliphatic heterocycles. The van der Waals surface area contributed by atoms with Gasteiger partial charge in [-0.3, -0.25) is 0 Å². The Kier molecular flexibility index (Phi) is 7.68. The summed E-state index contributed by atoms with van der Waals surface area (Å²) in [6, 6.07) is 12.1. The summed E-state index contributed by atoms with van der Waals surface area (Å²) < 4.78 is 40.0. The maximum atomic E-state index is 13.3. The van der Waals surface area contributed by atoms with Crippen molar-refractivity contribution in [3.63, 3.8) is 0 Å². The van der Waals surface area contributed by atoms with Gasteiger partial charge in [0.15, 0.2) is 0 Å². The first-order valence-electron chi connectivity index (χ1n) is 11.7. The SMILES string of the molecule is Cc1nc(C)c(Cc2ccc(Cl)cc2)c(N2CCCN(C(=O)Nc3ccccc3C(F)(F)F)CC2)n1. The third-order valence-electron chi connectivity index (χ3n) is 6.15. The summed E-state index contributed by atoms with van der Waals surface area (Å²) in [7, 11) is 0. The molecule has 190 valence electrons. The summed E-state index contributed by atoms with van der Waals surface area (Å²) >= 11 is 6.03. The fraction of sp³-hybridized carbons (Fsp3) is 0.346. The van der Waals surface area contributed by atoms with E-state index in [1.807, 2.05) is 38.1 Å². The molecule has 10 heteroatoms. The quantitative estimate of drug-likeness (QED) is 0.454. The van der Waals surface area contributed by atoms with E-state index >= 15 is 0 Å². The number of halogens is 4. The fourth-order valence-electron chi connectivity index (χ4n) is 4.36. The smallest absolute Gasteiger partial charge is 0.354 e. The third kappa shape index (κ3) is 6.07. The molecule has 1 fully saturated rings. The number of alkyl halides is 3. The molecule has 0 spiro atoms. The van der Waals surface area contributed by atoms with Gasteiger partial charge in [-0.1, -0.05) is 35.9 Å². The third-order valence-corrected chi connectivity index (χ3v) is 6.41. The van der Waals surface area contributed by atoms with Crippen LogP contribution in [0.2, 0.25) is 5.02 Å². The van der Waals surface area contributed by atoms with Crippen molar-refractivity contribution < 1.29 is 18.0 Å². The second-order valence-electron chi connectivity index (χ2n) is 8.76. The monoisotopic (exact) mass is 517 g/mol. The zero-order chi connectivity index (χ0) is 25.9. The van der Waals surface area contributed by atoms with Crippen molar-refractivity contribution in [3.05, 3.63) is 81.8 Å². The van der Waals surface area contributed by atoms with Gasteiger partial charge in [0.2, 0.25) is 0 Å². The van der Waals surface area contributed by atoms with Gasteiger partial charge in [-0.05, 0) is 50.1 Å². The Labute approximate surface area is 213 Å². The second kappa shape index (κ2) is 10.7. The number of anilines is 2. The van der Waals surface area contributed by atoms with Gasteiger partial charge in [-0.2, -0.15) is 13.2 Å². The van der Waals surface area contributed by atoms with Gasteiger partial charge < -0.3 is 15.1 Å². The molecule has 3 aromatic rings. The highest BCUT2D eigenvalue weighted by molar-refractivity contribution is 6.30. The zero-order valence-corrected chi connectivity index (χ0v) is 20.8. The van der Waals surface area contributed by atoms with Crippen molar-refractivity contribution in [1.29, 1.82) is 0 Å². The van der Waals surface area contributed by atoms with E-state index in [2.05, 4.69) is 15.2 Å². The van der Waals surface area contributed by atoms with Crippen LogP contribution in [-0.4, -0.2) is 47.1 Å². The molecule has 0 saturated carbocycles. The maximum absolute atomic E-state index is 13.3. The molecule has 0 atom stereocenters. The highest BCUT2D eigenvalue weighted by atomic mass is 35.5. The number of aryl methyl sites for hydroxylation is 2. The molecular formula is C26H27ClF3N5O. The van der Waals surface area contributed by atoms with E-state index in [0.717, 1.165) is 28.7 Å². The lowest BCUT2D eigenvalue weighted by molar-refractivity contribution is -0.136. The highest BCUT2D eigenvalue weighted by Crippen LogP contribution is 2.34. The van der Waals surface area contributed by atoms with E-state index < -0.39 is 17.8 Å². The second-order valence-corrected chi connectivity index (χ2v) is 9.20. The normalized spacial score (nSPS) is 14.5.